The Hall–Kier alpha value is -1.37. The molecule has 0 amide bonds. The van der Waals surface area contributed by atoms with Gasteiger partial charge in [-0.2, -0.15) is 0 Å². The maximum atomic E-state index is 5.64. The summed E-state index contributed by atoms with van der Waals surface area (Å²) in [5.41, 5.74) is 1.20. The van der Waals surface area contributed by atoms with Crippen LogP contribution in [0.4, 0.5) is 5.82 Å². The van der Waals surface area contributed by atoms with E-state index in [4.69, 9.17) is 4.74 Å². The molecule has 1 aromatic carbocycles. The number of hydrogen-bond donors (Lipinski definition) is 1. The highest BCUT2D eigenvalue weighted by Crippen LogP contribution is 2.13. The summed E-state index contributed by atoms with van der Waals surface area (Å²) in [4.78, 5) is 8.09. The minimum absolute atomic E-state index is 0.601. The van der Waals surface area contributed by atoms with Gasteiger partial charge in [0.05, 0.1) is 10.1 Å². The minimum atomic E-state index is 0.601. The first-order chi connectivity index (χ1) is 8.75. The highest BCUT2D eigenvalue weighted by atomic mass is 127. The normalized spacial score (nSPS) is 10.1. The molecule has 2 aromatic rings. The number of nitrogens with one attached hydrogen (secondary N) is 1. The van der Waals surface area contributed by atoms with Crippen LogP contribution in [-0.2, 0) is 0 Å². The van der Waals surface area contributed by atoms with Crippen molar-refractivity contribution in [2.75, 3.05) is 18.5 Å². The number of aryl methyl sites for hydroxylation is 1. The SMILES string of the molecule is Cc1cccc(OCCNc2ncncc2I)c1. The Labute approximate surface area is 120 Å². The molecule has 18 heavy (non-hydrogen) atoms. The van der Waals surface area contributed by atoms with E-state index in [-0.39, 0.29) is 0 Å². The Kier molecular flexibility index (Phi) is 4.74. The van der Waals surface area contributed by atoms with E-state index in [1.807, 2.05) is 31.2 Å². The van der Waals surface area contributed by atoms with Crippen molar-refractivity contribution in [3.05, 3.63) is 45.9 Å². The van der Waals surface area contributed by atoms with E-state index in [0.29, 0.717) is 13.2 Å². The smallest absolute Gasteiger partial charge is 0.142 e. The van der Waals surface area contributed by atoms with Crippen LogP contribution in [0.25, 0.3) is 0 Å². The van der Waals surface area contributed by atoms with Crippen LogP contribution in [0.2, 0.25) is 0 Å². The fourth-order valence-electron chi connectivity index (χ4n) is 1.49. The first-order valence-corrected chi connectivity index (χ1v) is 6.72. The second-order valence-corrected chi connectivity index (χ2v) is 4.97. The molecule has 0 aliphatic rings. The van der Waals surface area contributed by atoms with Crippen LogP contribution in [-0.4, -0.2) is 23.1 Å². The average molecular weight is 355 g/mol. The molecule has 5 heteroatoms. The second kappa shape index (κ2) is 6.53. The van der Waals surface area contributed by atoms with Crippen LogP contribution in [0.15, 0.2) is 36.8 Å². The fourth-order valence-corrected chi connectivity index (χ4v) is 1.98. The minimum Gasteiger partial charge on any atom is -0.492 e. The molecule has 0 fully saturated rings. The molecule has 0 saturated carbocycles. The lowest BCUT2D eigenvalue weighted by atomic mass is 10.2. The van der Waals surface area contributed by atoms with E-state index in [2.05, 4.69) is 37.9 Å². The number of rotatable bonds is 5. The Morgan fingerprint density at radius 3 is 3.06 bits per heavy atom. The Morgan fingerprint density at radius 1 is 1.39 bits per heavy atom. The lowest BCUT2D eigenvalue weighted by Gasteiger charge is -2.09. The van der Waals surface area contributed by atoms with Crippen molar-refractivity contribution in [1.82, 2.24) is 9.97 Å². The summed E-state index contributed by atoms with van der Waals surface area (Å²) >= 11 is 2.20. The Morgan fingerprint density at radius 2 is 2.28 bits per heavy atom. The van der Waals surface area contributed by atoms with Gasteiger partial charge in [-0.3, -0.25) is 0 Å². The van der Waals surface area contributed by atoms with Crippen molar-refractivity contribution in [3.8, 4) is 5.75 Å². The molecule has 1 heterocycles. The largest absolute Gasteiger partial charge is 0.492 e. The quantitative estimate of drug-likeness (QED) is 0.662. The maximum absolute atomic E-state index is 5.64. The molecular formula is C13H14IN3O. The molecule has 0 atom stereocenters. The molecule has 0 saturated heterocycles. The number of anilines is 1. The topological polar surface area (TPSA) is 47.0 Å². The van der Waals surface area contributed by atoms with E-state index in [0.717, 1.165) is 15.1 Å². The first kappa shape index (κ1) is 13.1. The summed E-state index contributed by atoms with van der Waals surface area (Å²) < 4.78 is 6.65. The average Bonchev–Trinajstić information content (AvgIpc) is 2.37. The molecule has 4 nitrogen and oxygen atoms in total. The van der Waals surface area contributed by atoms with Crippen molar-refractivity contribution < 1.29 is 4.74 Å². The highest BCUT2D eigenvalue weighted by molar-refractivity contribution is 14.1. The van der Waals surface area contributed by atoms with Crippen molar-refractivity contribution in [1.29, 1.82) is 0 Å². The zero-order valence-electron chi connectivity index (χ0n) is 10.1. The molecule has 1 aromatic heterocycles. The zero-order valence-corrected chi connectivity index (χ0v) is 12.2. The summed E-state index contributed by atoms with van der Waals surface area (Å²) in [5, 5.41) is 3.21. The summed E-state index contributed by atoms with van der Waals surface area (Å²) in [5.74, 6) is 1.74. The van der Waals surface area contributed by atoms with Gasteiger partial charge in [0.1, 0.15) is 24.5 Å². The second-order valence-electron chi connectivity index (χ2n) is 3.81. The molecule has 0 aliphatic heterocycles. The molecule has 0 spiro atoms. The third-order valence-corrected chi connectivity index (χ3v) is 3.11. The van der Waals surface area contributed by atoms with E-state index < -0.39 is 0 Å². The van der Waals surface area contributed by atoms with Gasteiger partial charge in [-0.15, -0.1) is 0 Å². The molecule has 0 bridgehead atoms. The van der Waals surface area contributed by atoms with Crippen LogP contribution < -0.4 is 10.1 Å². The molecule has 0 radical (unpaired) electrons. The van der Waals surface area contributed by atoms with Crippen molar-refractivity contribution in [2.45, 2.75) is 6.92 Å². The number of nitrogens with zero attached hydrogens (tertiary/aromatic N) is 2. The molecule has 0 aliphatic carbocycles. The van der Waals surface area contributed by atoms with Crippen LogP contribution in [0.1, 0.15) is 5.56 Å². The number of aromatic nitrogens is 2. The highest BCUT2D eigenvalue weighted by Gasteiger charge is 1.99. The summed E-state index contributed by atoms with van der Waals surface area (Å²) in [6, 6.07) is 8.02. The first-order valence-electron chi connectivity index (χ1n) is 5.64. The van der Waals surface area contributed by atoms with E-state index in [9.17, 15) is 0 Å². The van der Waals surface area contributed by atoms with Crippen LogP contribution in [0, 0.1) is 10.5 Å². The summed E-state index contributed by atoms with van der Waals surface area (Å²) in [7, 11) is 0. The van der Waals surface area contributed by atoms with Crippen molar-refractivity contribution >= 4 is 28.4 Å². The molecule has 94 valence electrons. The Balaban J connectivity index is 1.78. The van der Waals surface area contributed by atoms with Gasteiger partial charge >= 0.3 is 0 Å². The van der Waals surface area contributed by atoms with Gasteiger partial charge < -0.3 is 10.1 Å². The van der Waals surface area contributed by atoms with Gasteiger partial charge in [-0.25, -0.2) is 9.97 Å². The number of hydrogen-bond acceptors (Lipinski definition) is 4. The fraction of sp³-hybridized carbons (Fsp3) is 0.231. The standard InChI is InChI=1S/C13H14IN3O/c1-10-3-2-4-11(7-10)18-6-5-16-13-12(14)8-15-9-17-13/h2-4,7-9H,5-6H2,1H3,(H,15,16,17). The zero-order chi connectivity index (χ0) is 12.8. The molecular weight excluding hydrogens is 341 g/mol. The van der Waals surface area contributed by atoms with Gasteiger partial charge in [-0.05, 0) is 47.2 Å². The van der Waals surface area contributed by atoms with Gasteiger partial charge in [-0.1, -0.05) is 12.1 Å². The lowest BCUT2D eigenvalue weighted by molar-refractivity contribution is 0.332. The monoisotopic (exact) mass is 355 g/mol. The van der Waals surface area contributed by atoms with Crippen molar-refractivity contribution in [3.63, 3.8) is 0 Å². The molecule has 0 unspecified atom stereocenters. The van der Waals surface area contributed by atoms with Gasteiger partial charge in [0.15, 0.2) is 0 Å². The summed E-state index contributed by atoms with van der Waals surface area (Å²) in [6.45, 7) is 3.36. The van der Waals surface area contributed by atoms with Crippen LogP contribution in [0.5, 0.6) is 5.75 Å². The Bertz CT molecular complexity index is 519. The van der Waals surface area contributed by atoms with Crippen molar-refractivity contribution in [2.24, 2.45) is 0 Å². The molecule has 2 rings (SSSR count). The maximum Gasteiger partial charge on any atom is 0.142 e. The lowest BCUT2D eigenvalue weighted by Crippen LogP contribution is -2.13. The van der Waals surface area contributed by atoms with Gasteiger partial charge in [0, 0.05) is 6.20 Å². The van der Waals surface area contributed by atoms with Crippen LogP contribution >= 0.6 is 22.6 Å². The third-order valence-electron chi connectivity index (χ3n) is 2.32. The van der Waals surface area contributed by atoms with E-state index in [1.54, 1.807) is 6.20 Å². The predicted molar refractivity (Wildman–Crippen MR) is 79.9 cm³/mol. The summed E-state index contributed by atoms with van der Waals surface area (Å²) in [6.07, 6.45) is 3.31. The van der Waals surface area contributed by atoms with E-state index >= 15 is 0 Å². The molecule has 1 N–H and O–H groups in total. The number of ether oxygens (including phenoxy) is 1. The van der Waals surface area contributed by atoms with Gasteiger partial charge in [0.25, 0.3) is 0 Å². The van der Waals surface area contributed by atoms with Crippen LogP contribution in [0.3, 0.4) is 0 Å². The van der Waals surface area contributed by atoms with E-state index in [1.165, 1.54) is 11.9 Å². The third kappa shape index (κ3) is 3.83. The number of halogens is 1. The predicted octanol–water partition coefficient (Wildman–Crippen LogP) is 2.88. The number of benzene rings is 1. The van der Waals surface area contributed by atoms with Gasteiger partial charge in [0.2, 0.25) is 0 Å².